The van der Waals surface area contributed by atoms with Gasteiger partial charge < -0.3 is 0 Å². The third kappa shape index (κ3) is 4.13. The normalized spacial score (nSPS) is 11.5. The van der Waals surface area contributed by atoms with Crippen LogP contribution in [0, 0.1) is 6.92 Å². The first-order chi connectivity index (χ1) is 10.1. The fourth-order valence-electron chi connectivity index (χ4n) is 1.71. The Labute approximate surface area is 127 Å². The SMILES string of the molecule is CCC/C(=N/Nc1nnc(C)c(=O)[nH]1)c1ccc(Cl)cc1. The predicted octanol–water partition coefficient (Wildman–Crippen LogP) is 2.74. The average Bonchev–Trinajstić information content (AvgIpc) is 2.48. The van der Waals surface area contributed by atoms with E-state index in [-0.39, 0.29) is 11.5 Å². The van der Waals surface area contributed by atoms with Crippen LogP contribution in [0.5, 0.6) is 0 Å². The summed E-state index contributed by atoms with van der Waals surface area (Å²) in [6.45, 7) is 3.66. The Bertz CT molecular complexity index is 693. The van der Waals surface area contributed by atoms with Gasteiger partial charge in [-0.2, -0.15) is 5.10 Å². The summed E-state index contributed by atoms with van der Waals surface area (Å²) in [4.78, 5) is 14.0. The van der Waals surface area contributed by atoms with Gasteiger partial charge in [-0.25, -0.2) is 5.43 Å². The maximum Gasteiger partial charge on any atom is 0.274 e. The van der Waals surface area contributed by atoms with Gasteiger partial charge in [0, 0.05) is 5.02 Å². The Morgan fingerprint density at radius 2 is 2.05 bits per heavy atom. The average molecular weight is 306 g/mol. The molecular weight excluding hydrogens is 290 g/mol. The molecule has 0 aliphatic carbocycles. The maximum absolute atomic E-state index is 11.5. The molecule has 1 aromatic heterocycles. The van der Waals surface area contributed by atoms with Crippen molar-refractivity contribution < 1.29 is 0 Å². The zero-order valence-corrected chi connectivity index (χ0v) is 12.6. The number of benzene rings is 1. The van der Waals surface area contributed by atoms with E-state index in [2.05, 4.69) is 32.6 Å². The minimum atomic E-state index is -0.286. The number of hydrogen-bond acceptors (Lipinski definition) is 5. The van der Waals surface area contributed by atoms with Crippen molar-refractivity contribution in [2.24, 2.45) is 5.10 Å². The number of hydrazone groups is 1. The third-order valence-corrected chi connectivity index (χ3v) is 3.07. The number of aromatic amines is 1. The molecule has 0 saturated heterocycles. The lowest BCUT2D eigenvalue weighted by Crippen LogP contribution is -2.16. The van der Waals surface area contributed by atoms with Crippen LogP contribution in [0.25, 0.3) is 0 Å². The highest BCUT2D eigenvalue weighted by molar-refractivity contribution is 6.30. The lowest BCUT2D eigenvalue weighted by molar-refractivity contribution is 0.894. The molecule has 2 N–H and O–H groups in total. The molecule has 0 aliphatic heterocycles. The van der Waals surface area contributed by atoms with Crippen LogP contribution >= 0.6 is 11.6 Å². The summed E-state index contributed by atoms with van der Waals surface area (Å²) in [6.07, 6.45) is 1.73. The Morgan fingerprint density at radius 3 is 2.67 bits per heavy atom. The van der Waals surface area contributed by atoms with Gasteiger partial charge in [0.05, 0.1) is 5.71 Å². The number of aryl methyl sites for hydroxylation is 1. The van der Waals surface area contributed by atoms with Gasteiger partial charge in [-0.15, -0.1) is 10.2 Å². The fraction of sp³-hybridized carbons (Fsp3) is 0.286. The van der Waals surface area contributed by atoms with Crippen molar-refractivity contribution in [3.05, 3.63) is 50.9 Å². The molecule has 0 bridgehead atoms. The van der Waals surface area contributed by atoms with Crippen molar-refractivity contribution in [1.29, 1.82) is 0 Å². The molecular formula is C14H16ClN5O. The van der Waals surface area contributed by atoms with Crippen LogP contribution < -0.4 is 11.0 Å². The van der Waals surface area contributed by atoms with Gasteiger partial charge in [0.25, 0.3) is 5.56 Å². The smallest absolute Gasteiger partial charge is 0.274 e. The van der Waals surface area contributed by atoms with Crippen molar-refractivity contribution in [3.63, 3.8) is 0 Å². The Balaban J connectivity index is 2.23. The van der Waals surface area contributed by atoms with Crippen LogP contribution in [0.3, 0.4) is 0 Å². The van der Waals surface area contributed by atoms with E-state index >= 15 is 0 Å². The fourth-order valence-corrected chi connectivity index (χ4v) is 1.83. The molecule has 0 fully saturated rings. The second kappa shape index (κ2) is 6.99. The van der Waals surface area contributed by atoms with Crippen molar-refractivity contribution in [1.82, 2.24) is 15.2 Å². The van der Waals surface area contributed by atoms with E-state index < -0.39 is 0 Å². The highest BCUT2D eigenvalue weighted by Gasteiger charge is 2.04. The van der Waals surface area contributed by atoms with Crippen molar-refractivity contribution >= 4 is 23.3 Å². The number of rotatable bonds is 5. The molecule has 0 saturated carbocycles. The van der Waals surface area contributed by atoms with E-state index in [1.165, 1.54) is 0 Å². The molecule has 6 nitrogen and oxygen atoms in total. The minimum absolute atomic E-state index is 0.216. The van der Waals surface area contributed by atoms with Crippen molar-refractivity contribution in [3.8, 4) is 0 Å². The summed E-state index contributed by atoms with van der Waals surface area (Å²) in [5.74, 6) is 0.216. The van der Waals surface area contributed by atoms with Crippen molar-refractivity contribution in [2.45, 2.75) is 26.7 Å². The number of H-pyrrole nitrogens is 1. The summed E-state index contributed by atoms with van der Waals surface area (Å²) in [5.41, 5.74) is 4.59. The molecule has 21 heavy (non-hydrogen) atoms. The second-order valence-corrected chi connectivity index (χ2v) is 4.95. The zero-order chi connectivity index (χ0) is 15.2. The molecule has 7 heteroatoms. The summed E-state index contributed by atoms with van der Waals surface area (Å²) in [7, 11) is 0. The minimum Gasteiger partial charge on any atom is -0.288 e. The maximum atomic E-state index is 11.5. The summed E-state index contributed by atoms with van der Waals surface area (Å²) in [6, 6.07) is 7.44. The zero-order valence-electron chi connectivity index (χ0n) is 11.9. The van der Waals surface area contributed by atoms with Crippen LogP contribution in [-0.2, 0) is 0 Å². The molecule has 2 aromatic rings. The van der Waals surface area contributed by atoms with Gasteiger partial charge in [0.1, 0.15) is 5.69 Å². The Hall–Kier alpha value is -2.21. The number of hydrogen-bond donors (Lipinski definition) is 2. The summed E-state index contributed by atoms with van der Waals surface area (Å²) in [5, 5.41) is 12.6. The van der Waals surface area contributed by atoms with E-state index in [1.54, 1.807) is 6.92 Å². The molecule has 110 valence electrons. The molecule has 1 aromatic carbocycles. The molecule has 1 heterocycles. The van der Waals surface area contributed by atoms with E-state index in [4.69, 9.17) is 11.6 Å². The topological polar surface area (TPSA) is 83.0 Å². The van der Waals surface area contributed by atoms with Crippen LogP contribution in [0.4, 0.5) is 5.95 Å². The molecule has 0 spiro atoms. The molecule has 2 rings (SSSR count). The van der Waals surface area contributed by atoms with Gasteiger partial charge in [0.2, 0.25) is 5.95 Å². The number of nitrogens with zero attached hydrogens (tertiary/aromatic N) is 3. The number of anilines is 1. The van der Waals surface area contributed by atoms with Crippen LogP contribution in [0.2, 0.25) is 5.02 Å². The highest BCUT2D eigenvalue weighted by atomic mass is 35.5. The molecule has 0 amide bonds. The van der Waals surface area contributed by atoms with Gasteiger partial charge in [-0.3, -0.25) is 9.78 Å². The first kappa shape index (κ1) is 15.2. The van der Waals surface area contributed by atoms with Crippen LogP contribution in [0.1, 0.15) is 31.0 Å². The lowest BCUT2D eigenvalue weighted by Gasteiger charge is -2.06. The molecule has 0 radical (unpaired) electrons. The summed E-state index contributed by atoms with van der Waals surface area (Å²) >= 11 is 5.89. The highest BCUT2D eigenvalue weighted by Crippen LogP contribution is 2.13. The number of halogens is 1. The first-order valence-electron chi connectivity index (χ1n) is 6.62. The van der Waals surface area contributed by atoms with Gasteiger partial charge in [0.15, 0.2) is 0 Å². The van der Waals surface area contributed by atoms with E-state index in [9.17, 15) is 4.79 Å². The standard InChI is InChI=1S/C14H16ClN5O/c1-3-4-12(10-5-7-11(15)8-6-10)18-20-14-16-13(21)9(2)17-19-14/h5-8H,3-4H2,1-2H3,(H2,16,19,20,21)/b18-12-. The first-order valence-corrected chi connectivity index (χ1v) is 7.00. The number of aromatic nitrogens is 3. The van der Waals surface area contributed by atoms with E-state index in [0.29, 0.717) is 10.7 Å². The van der Waals surface area contributed by atoms with Gasteiger partial charge in [-0.1, -0.05) is 37.1 Å². The predicted molar refractivity (Wildman–Crippen MR) is 83.9 cm³/mol. The monoisotopic (exact) mass is 305 g/mol. The summed E-state index contributed by atoms with van der Waals surface area (Å²) < 4.78 is 0. The van der Waals surface area contributed by atoms with Crippen molar-refractivity contribution in [2.75, 3.05) is 5.43 Å². The molecule has 0 unspecified atom stereocenters. The molecule has 0 aliphatic rings. The van der Waals surface area contributed by atoms with E-state index in [1.807, 2.05) is 24.3 Å². The van der Waals surface area contributed by atoms with Gasteiger partial charge >= 0.3 is 0 Å². The second-order valence-electron chi connectivity index (χ2n) is 4.52. The van der Waals surface area contributed by atoms with Crippen LogP contribution in [-0.4, -0.2) is 20.9 Å². The quantitative estimate of drug-likeness (QED) is 0.657. The molecule has 0 atom stereocenters. The Morgan fingerprint density at radius 1 is 1.33 bits per heavy atom. The largest absolute Gasteiger partial charge is 0.288 e. The van der Waals surface area contributed by atoms with Crippen LogP contribution in [0.15, 0.2) is 34.2 Å². The van der Waals surface area contributed by atoms with E-state index in [0.717, 1.165) is 24.1 Å². The Kier molecular flexibility index (Phi) is 5.05. The van der Waals surface area contributed by atoms with Gasteiger partial charge in [-0.05, 0) is 31.0 Å². The lowest BCUT2D eigenvalue weighted by atomic mass is 10.1. The number of nitrogens with one attached hydrogen (secondary N) is 2. The third-order valence-electron chi connectivity index (χ3n) is 2.82.